The minimum Gasteiger partial charge on any atom is -0.379 e. The SMILES string of the molecule is O=S(=O)(NC(CN1CCOCC1)c1ccccc1)c1ccc2c(c1)CCCC2. The van der Waals surface area contributed by atoms with Gasteiger partial charge in [-0.1, -0.05) is 36.4 Å². The molecule has 0 amide bonds. The van der Waals surface area contributed by atoms with E-state index in [1.54, 1.807) is 6.07 Å². The molecular formula is C22H28N2O3S. The van der Waals surface area contributed by atoms with Gasteiger partial charge in [0, 0.05) is 19.6 Å². The average molecular weight is 401 g/mol. The number of sulfonamides is 1. The molecule has 4 rings (SSSR count). The Morgan fingerprint density at radius 3 is 2.43 bits per heavy atom. The Kier molecular flexibility index (Phi) is 6.11. The van der Waals surface area contributed by atoms with E-state index in [1.165, 1.54) is 17.5 Å². The monoisotopic (exact) mass is 400 g/mol. The van der Waals surface area contributed by atoms with Crippen LogP contribution in [0.3, 0.4) is 0 Å². The fourth-order valence-electron chi connectivity index (χ4n) is 4.07. The number of fused-ring (bicyclic) bond motifs is 1. The van der Waals surface area contributed by atoms with Crippen LogP contribution >= 0.6 is 0 Å². The second-order valence-electron chi connectivity index (χ2n) is 7.64. The van der Waals surface area contributed by atoms with Crippen LogP contribution in [-0.2, 0) is 27.6 Å². The summed E-state index contributed by atoms with van der Waals surface area (Å²) in [6.45, 7) is 3.67. The Hall–Kier alpha value is -1.73. The Labute approximate surface area is 167 Å². The predicted molar refractivity (Wildman–Crippen MR) is 110 cm³/mol. The van der Waals surface area contributed by atoms with Gasteiger partial charge in [-0.2, -0.15) is 0 Å². The minimum atomic E-state index is -3.60. The molecule has 0 aromatic heterocycles. The van der Waals surface area contributed by atoms with E-state index in [1.807, 2.05) is 42.5 Å². The van der Waals surface area contributed by atoms with Gasteiger partial charge in [0.05, 0.1) is 24.2 Å². The van der Waals surface area contributed by atoms with Crippen molar-refractivity contribution in [3.05, 3.63) is 65.2 Å². The maximum Gasteiger partial charge on any atom is 0.241 e. The van der Waals surface area contributed by atoms with Crippen molar-refractivity contribution in [1.29, 1.82) is 0 Å². The molecule has 1 fully saturated rings. The first-order valence-corrected chi connectivity index (χ1v) is 11.6. The predicted octanol–water partition coefficient (Wildman–Crippen LogP) is 2.92. The first-order valence-electron chi connectivity index (χ1n) is 10.1. The molecule has 0 spiro atoms. The van der Waals surface area contributed by atoms with Gasteiger partial charge in [-0.15, -0.1) is 0 Å². The molecule has 1 atom stereocenters. The summed E-state index contributed by atoms with van der Waals surface area (Å²) in [5.41, 5.74) is 3.45. The average Bonchev–Trinajstić information content (AvgIpc) is 2.74. The Morgan fingerprint density at radius 1 is 0.964 bits per heavy atom. The lowest BCUT2D eigenvalue weighted by atomic mass is 9.92. The fourth-order valence-corrected chi connectivity index (χ4v) is 5.34. The van der Waals surface area contributed by atoms with E-state index < -0.39 is 10.0 Å². The van der Waals surface area contributed by atoms with Crippen molar-refractivity contribution in [3.63, 3.8) is 0 Å². The maximum absolute atomic E-state index is 13.2. The second kappa shape index (κ2) is 8.74. The summed E-state index contributed by atoms with van der Waals surface area (Å²) >= 11 is 0. The number of aryl methyl sites for hydroxylation is 2. The van der Waals surface area contributed by atoms with Crippen LogP contribution < -0.4 is 4.72 Å². The van der Waals surface area contributed by atoms with E-state index in [2.05, 4.69) is 9.62 Å². The Morgan fingerprint density at radius 2 is 1.68 bits per heavy atom. The van der Waals surface area contributed by atoms with E-state index in [4.69, 9.17) is 4.74 Å². The highest BCUT2D eigenvalue weighted by molar-refractivity contribution is 7.89. The van der Waals surface area contributed by atoms with Crippen LogP contribution in [0.1, 0.15) is 35.6 Å². The van der Waals surface area contributed by atoms with Crippen molar-refractivity contribution in [2.45, 2.75) is 36.6 Å². The zero-order valence-corrected chi connectivity index (χ0v) is 17.0. The molecule has 5 nitrogen and oxygen atoms in total. The Bertz CT molecular complexity index is 893. The van der Waals surface area contributed by atoms with E-state index in [9.17, 15) is 8.42 Å². The van der Waals surface area contributed by atoms with Crippen molar-refractivity contribution >= 4 is 10.0 Å². The molecule has 1 unspecified atom stereocenters. The zero-order chi connectivity index (χ0) is 19.4. The molecule has 6 heteroatoms. The summed E-state index contributed by atoms with van der Waals surface area (Å²) in [7, 11) is -3.60. The number of ether oxygens (including phenoxy) is 1. The van der Waals surface area contributed by atoms with E-state index >= 15 is 0 Å². The molecule has 2 aromatic carbocycles. The van der Waals surface area contributed by atoms with E-state index in [0.717, 1.165) is 37.9 Å². The van der Waals surface area contributed by atoms with Gasteiger partial charge in [0.1, 0.15) is 0 Å². The van der Waals surface area contributed by atoms with Gasteiger partial charge in [0.15, 0.2) is 0 Å². The lowest BCUT2D eigenvalue weighted by Gasteiger charge is -2.31. The smallest absolute Gasteiger partial charge is 0.241 e. The van der Waals surface area contributed by atoms with Crippen LogP contribution in [0.4, 0.5) is 0 Å². The van der Waals surface area contributed by atoms with Crippen LogP contribution in [-0.4, -0.2) is 46.2 Å². The molecule has 2 aromatic rings. The molecule has 150 valence electrons. The summed E-state index contributed by atoms with van der Waals surface area (Å²) in [6, 6.07) is 15.2. The largest absolute Gasteiger partial charge is 0.379 e. The number of rotatable bonds is 6. The topological polar surface area (TPSA) is 58.6 Å². The maximum atomic E-state index is 13.2. The first kappa shape index (κ1) is 19.6. The summed E-state index contributed by atoms with van der Waals surface area (Å²) < 4.78 is 34.8. The molecule has 2 aliphatic rings. The lowest BCUT2D eigenvalue weighted by molar-refractivity contribution is 0.0345. The summed E-state index contributed by atoms with van der Waals surface area (Å²) in [4.78, 5) is 2.63. The highest BCUT2D eigenvalue weighted by atomic mass is 32.2. The van der Waals surface area contributed by atoms with Gasteiger partial charge in [-0.25, -0.2) is 13.1 Å². The van der Waals surface area contributed by atoms with Crippen molar-refractivity contribution < 1.29 is 13.2 Å². The summed E-state index contributed by atoms with van der Waals surface area (Å²) in [6.07, 6.45) is 4.34. The van der Waals surface area contributed by atoms with Crippen LogP contribution in [0.2, 0.25) is 0 Å². The number of benzene rings is 2. The normalized spacial score (nSPS) is 19.1. The molecule has 1 N–H and O–H groups in total. The van der Waals surface area contributed by atoms with Crippen LogP contribution in [0, 0.1) is 0 Å². The molecule has 1 heterocycles. The molecular weight excluding hydrogens is 372 g/mol. The molecule has 1 saturated heterocycles. The number of hydrogen-bond donors (Lipinski definition) is 1. The molecule has 1 aliphatic carbocycles. The minimum absolute atomic E-state index is 0.291. The molecule has 0 bridgehead atoms. The number of nitrogens with zero attached hydrogens (tertiary/aromatic N) is 1. The van der Waals surface area contributed by atoms with Crippen molar-refractivity contribution in [3.8, 4) is 0 Å². The first-order chi connectivity index (χ1) is 13.6. The van der Waals surface area contributed by atoms with Gasteiger partial charge in [-0.3, -0.25) is 4.90 Å². The molecule has 1 aliphatic heterocycles. The second-order valence-corrected chi connectivity index (χ2v) is 9.35. The fraction of sp³-hybridized carbons (Fsp3) is 0.455. The number of nitrogens with one attached hydrogen (secondary N) is 1. The quantitative estimate of drug-likeness (QED) is 0.810. The highest BCUT2D eigenvalue weighted by Crippen LogP contribution is 2.25. The molecule has 28 heavy (non-hydrogen) atoms. The lowest BCUT2D eigenvalue weighted by Crippen LogP contribution is -2.43. The van der Waals surface area contributed by atoms with Gasteiger partial charge >= 0.3 is 0 Å². The standard InChI is InChI=1S/C22H28N2O3S/c25-28(26,21-11-10-18-6-4-5-9-20(18)16-21)23-22(19-7-2-1-3-8-19)17-24-12-14-27-15-13-24/h1-3,7-8,10-11,16,22-23H,4-6,9,12-15,17H2. The summed E-state index contributed by atoms with van der Waals surface area (Å²) in [5.74, 6) is 0. The van der Waals surface area contributed by atoms with Crippen molar-refractivity contribution in [1.82, 2.24) is 9.62 Å². The number of hydrogen-bond acceptors (Lipinski definition) is 4. The van der Waals surface area contributed by atoms with E-state index in [0.29, 0.717) is 24.7 Å². The van der Waals surface area contributed by atoms with E-state index in [-0.39, 0.29) is 6.04 Å². The van der Waals surface area contributed by atoms with Gasteiger partial charge in [0.2, 0.25) is 10.0 Å². The van der Waals surface area contributed by atoms with Gasteiger partial charge in [0.25, 0.3) is 0 Å². The third-order valence-electron chi connectivity index (χ3n) is 5.67. The molecule has 0 saturated carbocycles. The molecule has 0 radical (unpaired) electrons. The Balaban J connectivity index is 1.57. The van der Waals surface area contributed by atoms with Crippen LogP contribution in [0.15, 0.2) is 53.4 Å². The summed E-state index contributed by atoms with van der Waals surface area (Å²) in [5, 5.41) is 0. The highest BCUT2D eigenvalue weighted by Gasteiger charge is 2.25. The van der Waals surface area contributed by atoms with Crippen molar-refractivity contribution in [2.24, 2.45) is 0 Å². The van der Waals surface area contributed by atoms with Crippen LogP contribution in [0.25, 0.3) is 0 Å². The van der Waals surface area contributed by atoms with Gasteiger partial charge < -0.3 is 4.74 Å². The van der Waals surface area contributed by atoms with Crippen molar-refractivity contribution in [2.75, 3.05) is 32.8 Å². The third kappa shape index (κ3) is 4.63. The number of morpholine rings is 1. The van der Waals surface area contributed by atoms with Gasteiger partial charge in [-0.05, 0) is 54.5 Å². The van der Waals surface area contributed by atoms with Crippen LogP contribution in [0.5, 0.6) is 0 Å². The third-order valence-corrected chi connectivity index (χ3v) is 7.14. The zero-order valence-electron chi connectivity index (χ0n) is 16.1.